The largest absolute Gasteiger partial charge is 0.398 e. The molecule has 1 fully saturated rings. The van der Waals surface area contributed by atoms with E-state index in [1.54, 1.807) is 0 Å². The van der Waals surface area contributed by atoms with E-state index >= 15 is 0 Å². The van der Waals surface area contributed by atoms with Crippen LogP contribution in [-0.2, 0) is 11.3 Å². The molecule has 1 heterocycles. The molecule has 0 saturated carbocycles. The molecule has 0 radical (unpaired) electrons. The van der Waals surface area contributed by atoms with Crippen LogP contribution in [-0.4, -0.2) is 19.3 Å². The van der Waals surface area contributed by atoms with Crippen LogP contribution in [0.15, 0.2) is 24.3 Å². The maximum Gasteiger partial charge on any atom is 0.0588 e. The first-order valence-electron chi connectivity index (χ1n) is 5.93. The van der Waals surface area contributed by atoms with E-state index < -0.39 is 0 Å². The number of para-hydroxylation sites is 1. The zero-order valence-corrected chi connectivity index (χ0v) is 9.78. The van der Waals surface area contributed by atoms with Crippen molar-refractivity contribution >= 4 is 5.69 Å². The molecule has 1 saturated heterocycles. The van der Waals surface area contributed by atoms with Crippen molar-refractivity contribution < 1.29 is 4.74 Å². The van der Waals surface area contributed by atoms with Crippen molar-refractivity contribution in [2.45, 2.75) is 26.0 Å². The molecule has 0 aliphatic carbocycles. The lowest BCUT2D eigenvalue weighted by atomic mass is 10.0. The summed E-state index contributed by atoms with van der Waals surface area (Å²) in [6, 6.07) is 8.00. The zero-order chi connectivity index (χ0) is 11.4. The molecule has 1 aliphatic rings. The second-order valence-corrected chi connectivity index (χ2v) is 4.45. The number of rotatable bonds is 4. The Morgan fingerprint density at radius 2 is 2.25 bits per heavy atom. The maximum atomic E-state index is 5.88. The SMILES string of the molecule is CC1OCCC1CNCc1ccccc1N. The second kappa shape index (κ2) is 5.32. The summed E-state index contributed by atoms with van der Waals surface area (Å²) in [5, 5.41) is 3.45. The average Bonchev–Trinajstić information content (AvgIpc) is 2.67. The lowest BCUT2D eigenvalue weighted by molar-refractivity contribution is 0.105. The molecule has 3 N–H and O–H groups in total. The smallest absolute Gasteiger partial charge is 0.0588 e. The van der Waals surface area contributed by atoms with Gasteiger partial charge in [0.2, 0.25) is 0 Å². The van der Waals surface area contributed by atoms with Crippen molar-refractivity contribution in [3.8, 4) is 0 Å². The van der Waals surface area contributed by atoms with Gasteiger partial charge in [-0.15, -0.1) is 0 Å². The molecule has 88 valence electrons. The molecule has 3 heteroatoms. The van der Waals surface area contributed by atoms with E-state index in [2.05, 4.69) is 18.3 Å². The second-order valence-electron chi connectivity index (χ2n) is 4.45. The van der Waals surface area contributed by atoms with Crippen LogP contribution < -0.4 is 11.1 Å². The van der Waals surface area contributed by atoms with Gasteiger partial charge in [-0.1, -0.05) is 18.2 Å². The molecule has 0 bridgehead atoms. The van der Waals surface area contributed by atoms with Crippen LogP contribution in [0.25, 0.3) is 0 Å². The minimum absolute atomic E-state index is 0.389. The number of anilines is 1. The Balaban J connectivity index is 1.78. The summed E-state index contributed by atoms with van der Waals surface area (Å²) in [6.07, 6.45) is 1.55. The molecule has 3 nitrogen and oxygen atoms in total. The minimum Gasteiger partial charge on any atom is -0.398 e. The van der Waals surface area contributed by atoms with Gasteiger partial charge in [0.25, 0.3) is 0 Å². The van der Waals surface area contributed by atoms with Crippen LogP contribution in [0.5, 0.6) is 0 Å². The highest BCUT2D eigenvalue weighted by atomic mass is 16.5. The number of nitrogens with one attached hydrogen (secondary N) is 1. The van der Waals surface area contributed by atoms with Gasteiger partial charge in [0.1, 0.15) is 0 Å². The maximum absolute atomic E-state index is 5.88. The van der Waals surface area contributed by atoms with Gasteiger partial charge in [0.15, 0.2) is 0 Å². The van der Waals surface area contributed by atoms with E-state index in [0.29, 0.717) is 12.0 Å². The van der Waals surface area contributed by atoms with E-state index in [1.807, 2.05) is 18.2 Å². The fourth-order valence-electron chi connectivity index (χ4n) is 2.13. The third kappa shape index (κ3) is 2.74. The Hall–Kier alpha value is -1.06. The summed E-state index contributed by atoms with van der Waals surface area (Å²) in [5.74, 6) is 0.643. The zero-order valence-electron chi connectivity index (χ0n) is 9.78. The quantitative estimate of drug-likeness (QED) is 0.760. The van der Waals surface area contributed by atoms with Gasteiger partial charge in [-0.25, -0.2) is 0 Å². The van der Waals surface area contributed by atoms with Gasteiger partial charge < -0.3 is 15.8 Å². The first-order chi connectivity index (χ1) is 7.77. The standard InChI is InChI=1S/C13H20N2O/c1-10-11(6-7-16-10)8-15-9-12-4-2-3-5-13(12)14/h2-5,10-11,15H,6-9,14H2,1H3. The number of nitrogens with two attached hydrogens (primary N) is 1. The number of hydrogen-bond donors (Lipinski definition) is 2. The van der Waals surface area contributed by atoms with Gasteiger partial charge in [-0.2, -0.15) is 0 Å². The summed E-state index contributed by atoms with van der Waals surface area (Å²) in [4.78, 5) is 0. The van der Waals surface area contributed by atoms with E-state index in [9.17, 15) is 0 Å². The van der Waals surface area contributed by atoms with Gasteiger partial charge >= 0.3 is 0 Å². The van der Waals surface area contributed by atoms with Gasteiger partial charge in [-0.3, -0.25) is 0 Å². The first-order valence-corrected chi connectivity index (χ1v) is 5.93. The molecular weight excluding hydrogens is 200 g/mol. The molecule has 1 aliphatic heterocycles. The van der Waals surface area contributed by atoms with Crippen molar-refractivity contribution in [1.29, 1.82) is 0 Å². The van der Waals surface area contributed by atoms with Crippen molar-refractivity contribution in [2.24, 2.45) is 5.92 Å². The first kappa shape index (κ1) is 11.4. The normalized spacial score (nSPS) is 24.8. The Kier molecular flexibility index (Phi) is 3.80. The molecule has 2 rings (SSSR count). The molecule has 0 amide bonds. The third-order valence-corrected chi connectivity index (χ3v) is 3.31. The predicted molar refractivity (Wildman–Crippen MR) is 66.1 cm³/mol. The van der Waals surface area contributed by atoms with Crippen LogP contribution >= 0.6 is 0 Å². The van der Waals surface area contributed by atoms with Crippen LogP contribution in [0.3, 0.4) is 0 Å². The lowest BCUT2D eigenvalue weighted by Crippen LogP contribution is -2.26. The Morgan fingerprint density at radius 3 is 2.94 bits per heavy atom. The Bertz CT molecular complexity index is 340. The van der Waals surface area contributed by atoms with Crippen LogP contribution in [0.4, 0.5) is 5.69 Å². The molecule has 1 aromatic carbocycles. The number of nitrogen functional groups attached to an aromatic ring is 1. The number of ether oxygens (including phenoxy) is 1. The summed E-state index contributed by atoms with van der Waals surface area (Å²) >= 11 is 0. The summed E-state index contributed by atoms with van der Waals surface area (Å²) < 4.78 is 5.53. The molecule has 2 unspecified atom stereocenters. The topological polar surface area (TPSA) is 47.3 Å². The molecule has 0 aromatic heterocycles. The molecule has 0 spiro atoms. The van der Waals surface area contributed by atoms with Crippen LogP contribution in [0, 0.1) is 5.92 Å². The third-order valence-electron chi connectivity index (χ3n) is 3.31. The molecule has 2 atom stereocenters. The van der Waals surface area contributed by atoms with E-state index in [0.717, 1.165) is 25.4 Å². The van der Waals surface area contributed by atoms with Crippen LogP contribution in [0.2, 0.25) is 0 Å². The highest BCUT2D eigenvalue weighted by Gasteiger charge is 2.23. The summed E-state index contributed by atoms with van der Waals surface area (Å²) in [6.45, 7) is 4.91. The number of benzene rings is 1. The Labute approximate surface area is 97.0 Å². The van der Waals surface area contributed by atoms with E-state index in [4.69, 9.17) is 10.5 Å². The molecule has 16 heavy (non-hydrogen) atoms. The predicted octanol–water partition coefficient (Wildman–Crippen LogP) is 1.78. The highest BCUT2D eigenvalue weighted by Crippen LogP contribution is 2.19. The molecule has 1 aromatic rings. The van der Waals surface area contributed by atoms with Crippen molar-refractivity contribution in [3.63, 3.8) is 0 Å². The van der Waals surface area contributed by atoms with Gasteiger partial charge in [0.05, 0.1) is 6.10 Å². The number of hydrogen-bond acceptors (Lipinski definition) is 3. The monoisotopic (exact) mass is 220 g/mol. The Morgan fingerprint density at radius 1 is 1.44 bits per heavy atom. The summed E-state index contributed by atoms with van der Waals surface area (Å²) in [7, 11) is 0. The van der Waals surface area contributed by atoms with Gasteiger partial charge in [-0.05, 0) is 30.9 Å². The van der Waals surface area contributed by atoms with Crippen molar-refractivity contribution in [1.82, 2.24) is 5.32 Å². The minimum atomic E-state index is 0.389. The lowest BCUT2D eigenvalue weighted by Gasteiger charge is -2.15. The molecular formula is C13H20N2O. The summed E-state index contributed by atoms with van der Waals surface area (Å²) in [5.41, 5.74) is 7.92. The van der Waals surface area contributed by atoms with E-state index in [1.165, 1.54) is 12.0 Å². The van der Waals surface area contributed by atoms with Crippen molar-refractivity contribution in [3.05, 3.63) is 29.8 Å². The van der Waals surface area contributed by atoms with E-state index in [-0.39, 0.29) is 0 Å². The highest BCUT2D eigenvalue weighted by molar-refractivity contribution is 5.46. The fraction of sp³-hybridized carbons (Fsp3) is 0.538. The van der Waals surface area contributed by atoms with Crippen molar-refractivity contribution in [2.75, 3.05) is 18.9 Å². The van der Waals surface area contributed by atoms with Gasteiger partial charge in [0, 0.05) is 25.4 Å². The average molecular weight is 220 g/mol. The van der Waals surface area contributed by atoms with Crippen LogP contribution in [0.1, 0.15) is 18.9 Å². The fourth-order valence-corrected chi connectivity index (χ4v) is 2.13.